The van der Waals surface area contributed by atoms with Crippen LogP contribution in [-0.2, 0) is 13.2 Å². The van der Waals surface area contributed by atoms with Crippen molar-refractivity contribution in [2.24, 2.45) is 0 Å². The van der Waals surface area contributed by atoms with Crippen molar-refractivity contribution in [3.63, 3.8) is 0 Å². The lowest BCUT2D eigenvalue weighted by Gasteiger charge is -2.18. The molecule has 0 aliphatic rings. The fourth-order valence-electron chi connectivity index (χ4n) is 2.95. The molecule has 0 unspecified atom stereocenters. The predicted octanol–water partition coefficient (Wildman–Crippen LogP) is 4.89. The first-order valence-electron chi connectivity index (χ1n) is 10.1. The highest BCUT2D eigenvalue weighted by Gasteiger charge is 2.12. The Hall–Kier alpha value is -3.68. The molecule has 8 heteroatoms. The molecule has 0 radical (unpaired) electrons. The van der Waals surface area contributed by atoms with E-state index in [0.29, 0.717) is 23.7 Å². The molecule has 0 atom stereocenters. The number of rotatable bonds is 10. The number of halogens is 1. The van der Waals surface area contributed by atoms with E-state index in [4.69, 9.17) is 4.74 Å². The molecule has 0 spiro atoms. The summed E-state index contributed by atoms with van der Waals surface area (Å²) in [5.74, 6) is 0.700. The second-order valence-corrected chi connectivity index (χ2v) is 6.88. The van der Waals surface area contributed by atoms with Crippen molar-refractivity contribution >= 4 is 23.9 Å². The van der Waals surface area contributed by atoms with Crippen LogP contribution >= 0.6 is 0 Å². The molecule has 0 saturated heterocycles. The molecular weight excluding hydrogens is 399 g/mol. The molecule has 162 valence electrons. The topological polar surface area (TPSA) is 80.5 Å². The van der Waals surface area contributed by atoms with Gasteiger partial charge in [-0.05, 0) is 41.8 Å². The van der Waals surface area contributed by atoms with Gasteiger partial charge in [0.25, 0.3) is 0 Å². The molecule has 1 N–H and O–H groups in total. The quantitative estimate of drug-likeness (QED) is 0.469. The average Bonchev–Trinajstić information content (AvgIpc) is 3.23. The van der Waals surface area contributed by atoms with Gasteiger partial charge in [0.05, 0.1) is 12.7 Å². The highest BCUT2D eigenvalue weighted by atomic mass is 19.1. The maximum absolute atomic E-state index is 12.3. The molecule has 2 aromatic carbocycles. The third-order valence-electron chi connectivity index (χ3n) is 4.52. The van der Waals surface area contributed by atoms with Crippen molar-refractivity contribution in [2.45, 2.75) is 26.5 Å². The molecule has 0 aliphatic carbocycles. The molecule has 0 aliphatic heterocycles. The minimum Gasteiger partial charge on any atom is -0.487 e. The summed E-state index contributed by atoms with van der Waals surface area (Å²) in [5, 5.41) is 17.1. The summed E-state index contributed by atoms with van der Waals surface area (Å²) in [6, 6.07) is 15.0. The molecule has 1 amide bonds. The Kier molecular flexibility index (Phi) is 7.75. The number of hydrogen-bond acceptors (Lipinski definition) is 4. The van der Waals surface area contributed by atoms with E-state index in [9.17, 15) is 14.3 Å². The zero-order valence-electron chi connectivity index (χ0n) is 17.3. The zero-order valence-corrected chi connectivity index (χ0v) is 17.3. The first-order valence-corrected chi connectivity index (χ1v) is 10.1. The van der Waals surface area contributed by atoms with E-state index in [1.54, 1.807) is 6.20 Å². The predicted molar refractivity (Wildman–Crippen MR) is 118 cm³/mol. The fourth-order valence-corrected chi connectivity index (χ4v) is 2.95. The van der Waals surface area contributed by atoms with Crippen LogP contribution in [-0.4, -0.2) is 39.4 Å². The molecule has 0 saturated carbocycles. The summed E-state index contributed by atoms with van der Waals surface area (Å²) in [6.45, 7) is 2.38. The van der Waals surface area contributed by atoms with Gasteiger partial charge in [0.2, 0.25) is 0 Å². The largest absolute Gasteiger partial charge is 0.487 e. The Balaban J connectivity index is 1.55. The number of aromatic nitrogens is 3. The SMILES string of the molecule is CCCN(C(=O)O)c1ccc(C=Cc2ccc(OCc3cn(CCF)nn3)cc2)cc1. The number of carbonyl (C=O) groups is 1. The molecule has 1 heterocycles. The van der Waals surface area contributed by atoms with Crippen LogP contribution in [0.5, 0.6) is 5.75 Å². The van der Waals surface area contributed by atoms with Crippen molar-refractivity contribution in [3.05, 3.63) is 71.5 Å². The minimum atomic E-state index is -0.947. The average molecular weight is 424 g/mol. The number of benzene rings is 2. The summed E-state index contributed by atoms with van der Waals surface area (Å²) in [6.07, 6.45) is 5.42. The number of amides is 1. The maximum Gasteiger partial charge on any atom is 0.411 e. The number of aryl methyl sites for hydroxylation is 1. The van der Waals surface area contributed by atoms with Crippen LogP contribution in [0.1, 0.15) is 30.2 Å². The van der Waals surface area contributed by atoms with Gasteiger partial charge in [-0.15, -0.1) is 5.10 Å². The van der Waals surface area contributed by atoms with Gasteiger partial charge < -0.3 is 9.84 Å². The Morgan fingerprint density at radius 3 is 2.35 bits per heavy atom. The smallest absolute Gasteiger partial charge is 0.411 e. The Morgan fingerprint density at radius 1 is 1.13 bits per heavy atom. The lowest BCUT2D eigenvalue weighted by atomic mass is 10.1. The molecule has 1 aromatic heterocycles. The Labute approximate surface area is 180 Å². The van der Waals surface area contributed by atoms with E-state index in [-0.39, 0.29) is 13.2 Å². The van der Waals surface area contributed by atoms with E-state index in [1.807, 2.05) is 67.6 Å². The number of hydrogen-bond donors (Lipinski definition) is 1. The first-order chi connectivity index (χ1) is 15.1. The van der Waals surface area contributed by atoms with E-state index in [0.717, 1.165) is 17.5 Å². The van der Waals surface area contributed by atoms with Gasteiger partial charge in [0.1, 0.15) is 24.7 Å². The van der Waals surface area contributed by atoms with Crippen molar-refractivity contribution in [1.82, 2.24) is 15.0 Å². The molecule has 3 rings (SSSR count). The summed E-state index contributed by atoms with van der Waals surface area (Å²) in [7, 11) is 0. The van der Waals surface area contributed by atoms with E-state index >= 15 is 0 Å². The van der Waals surface area contributed by atoms with Gasteiger partial charge in [0, 0.05) is 12.2 Å². The van der Waals surface area contributed by atoms with Crippen LogP contribution in [0.4, 0.5) is 14.9 Å². The number of anilines is 1. The molecule has 0 fully saturated rings. The zero-order chi connectivity index (χ0) is 22.1. The van der Waals surface area contributed by atoms with Gasteiger partial charge >= 0.3 is 6.09 Å². The Bertz CT molecular complexity index is 1000. The lowest BCUT2D eigenvalue weighted by molar-refractivity contribution is 0.202. The molecular formula is C23H25FN4O3. The summed E-state index contributed by atoms with van der Waals surface area (Å²) >= 11 is 0. The third-order valence-corrected chi connectivity index (χ3v) is 4.52. The standard InChI is InChI=1S/C23H25FN4O3/c1-2-14-28(23(29)30)21-9-5-18(6-10-21)3-4-19-7-11-22(12-8-19)31-17-20-16-27(15-13-24)26-25-20/h3-12,16H,2,13-15,17H2,1H3,(H,29,30). The number of alkyl halides is 1. The van der Waals surface area contributed by atoms with Crippen LogP contribution in [0.15, 0.2) is 54.7 Å². The number of ether oxygens (including phenoxy) is 1. The number of carboxylic acid groups (broad SMARTS) is 1. The Morgan fingerprint density at radius 2 is 1.77 bits per heavy atom. The summed E-state index contributed by atoms with van der Waals surface area (Å²) in [4.78, 5) is 12.7. The van der Waals surface area contributed by atoms with Crippen LogP contribution in [0.2, 0.25) is 0 Å². The van der Waals surface area contributed by atoms with Crippen molar-refractivity contribution in [3.8, 4) is 5.75 Å². The van der Waals surface area contributed by atoms with Gasteiger partial charge in [-0.3, -0.25) is 4.90 Å². The van der Waals surface area contributed by atoms with E-state index < -0.39 is 12.8 Å². The van der Waals surface area contributed by atoms with Crippen LogP contribution in [0, 0.1) is 0 Å². The van der Waals surface area contributed by atoms with Crippen LogP contribution < -0.4 is 9.64 Å². The van der Waals surface area contributed by atoms with Gasteiger partial charge in [-0.2, -0.15) is 0 Å². The van der Waals surface area contributed by atoms with Gasteiger partial charge in [-0.25, -0.2) is 13.9 Å². The van der Waals surface area contributed by atoms with E-state index in [1.165, 1.54) is 9.58 Å². The lowest BCUT2D eigenvalue weighted by Crippen LogP contribution is -2.29. The highest BCUT2D eigenvalue weighted by Crippen LogP contribution is 2.19. The normalized spacial score (nSPS) is 11.0. The van der Waals surface area contributed by atoms with Gasteiger partial charge in [0.15, 0.2) is 0 Å². The molecule has 3 aromatic rings. The maximum atomic E-state index is 12.3. The van der Waals surface area contributed by atoms with Crippen molar-refractivity contribution in [2.75, 3.05) is 18.1 Å². The van der Waals surface area contributed by atoms with Crippen molar-refractivity contribution < 1.29 is 19.0 Å². The van der Waals surface area contributed by atoms with Gasteiger partial charge in [-0.1, -0.05) is 48.6 Å². The second-order valence-electron chi connectivity index (χ2n) is 6.88. The van der Waals surface area contributed by atoms with Crippen LogP contribution in [0.25, 0.3) is 12.2 Å². The second kappa shape index (κ2) is 10.9. The monoisotopic (exact) mass is 424 g/mol. The molecule has 7 nitrogen and oxygen atoms in total. The summed E-state index contributed by atoms with van der Waals surface area (Å²) < 4.78 is 19.4. The minimum absolute atomic E-state index is 0.188. The molecule has 31 heavy (non-hydrogen) atoms. The van der Waals surface area contributed by atoms with Crippen LogP contribution in [0.3, 0.4) is 0 Å². The molecule has 0 bridgehead atoms. The van der Waals surface area contributed by atoms with E-state index in [2.05, 4.69) is 10.3 Å². The fraction of sp³-hybridized carbons (Fsp3) is 0.261. The summed E-state index contributed by atoms with van der Waals surface area (Å²) in [5.41, 5.74) is 3.28. The highest BCUT2D eigenvalue weighted by molar-refractivity contribution is 5.86. The first kappa shape index (κ1) is 22.0. The third kappa shape index (κ3) is 6.40. The number of nitrogens with zero attached hydrogens (tertiary/aromatic N) is 4. The van der Waals surface area contributed by atoms with Crippen molar-refractivity contribution in [1.29, 1.82) is 0 Å².